The van der Waals surface area contributed by atoms with Crippen molar-refractivity contribution >= 4 is 5.84 Å². The molecule has 1 fully saturated rings. The number of nitrogen functional groups attached to an aromatic ring is 1. The Morgan fingerprint density at radius 3 is 2.83 bits per heavy atom. The molecule has 0 unspecified atom stereocenters. The molecule has 1 aromatic rings. The van der Waals surface area contributed by atoms with Gasteiger partial charge in [0.2, 0.25) is 0 Å². The van der Waals surface area contributed by atoms with Gasteiger partial charge >= 0.3 is 0 Å². The van der Waals surface area contributed by atoms with Crippen LogP contribution in [0.2, 0.25) is 0 Å². The van der Waals surface area contributed by atoms with Crippen molar-refractivity contribution in [3.8, 4) is 0 Å². The second kappa shape index (κ2) is 3.95. The first-order valence-corrected chi connectivity index (χ1v) is 6.38. The molecule has 1 aliphatic carbocycles. The van der Waals surface area contributed by atoms with E-state index >= 15 is 0 Å². The monoisotopic (exact) mass is 246 g/mol. The van der Waals surface area contributed by atoms with Gasteiger partial charge in [0, 0.05) is 31.2 Å². The van der Waals surface area contributed by atoms with Crippen molar-refractivity contribution < 1.29 is 0 Å². The van der Waals surface area contributed by atoms with Crippen molar-refractivity contribution in [1.82, 2.24) is 9.47 Å². The maximum Gasteiger partial charge on any atom is 0.262 e. The summed E-state index contributed by atoms with van der Waals surface area (Å²) in [6, 6.07) is 2.16. The third-order valence-electron chi connectivity index (χ3n) is 3.80. The summed E-state index contributed by atoms with van der Waals surface area (Å²) in [7, 11) is 2.07. The van der Waals surface area contributed by atoms with Crippen LogP contribution in [0.3, 0.4) is 0 Å². The summed E-state index contributed by atoms with van der Waals surface area (Å²) in [6.07, 6.45) is 3.06. The zero-order valence-corrected chi connectivity index (χ0v) is 10.6. The van der Waals surface area contributed by atoms with E-state index in [0.29, 0.717) is 11.6 Å². The molecule has 0 aromatic carbocycles. The Morgan fingerprint density at radius 1 is 1.50 bits per heavy atom. The van der Waals surface area contributed by atoms with Crippen molar-refractivity contribution in [3.63, 3.8) is 0 Å². The summed E-state index contributed by atoms with van der Waals surface area (Å²) in [4.78, 5) is 14.6. The predicted octanol–water partition coefficient (Wildman–Crippen LogP) is 0.455. The number of nitrogens with zero attached hydrogens (tertiary/aromatic N) is 2. The van der Waals surface area contributed by atoms with Crippen molar-refractivity contribution in [2.24, 2.45) is 5.73 Å². The fourth-order valence-electron chi connectivity index (χ4n) is 2.72. The smallest absolute Gasteiger partial charge is 0.262 e. The van der Waals surface area contributed by atoms with E-state index in [4.69, 9.17) is 11.1 Å². The Bertz CT molecular complexity index is 571. The van der Waals surface area contributed by atoms with Crippen molar-refractivity contribution in [1.29, 1.82) is 5.41 Å². The topological polar surface area (TPSA) is 75.1 Å². The van der Waals surface area contributed by atoms with Crippen molar-refractivity contribution in [3.05, 3.63) is 33.2 Å². The average Bonchev–Trinajstić information content (AvgIpc) is 3.12. The Balaban J connectivity index is 2.22. The molecule has 1 aromatic heterocycles. The maximum absolute atomic E-state index is 12.4. The number of hydrogen-bond donors (Lipinski definition) is 2. The zero-order chi connectivity index (χ0) is 12.9. The van der Waals surface area contributed by atoms with Crippen LogP contribution in [0.15, 0.2) is 10.9 Å². The van der Waals surface area contributed by atoms with Gasteiger partial charge in [-0.05, 0) is 31.5 Å². The van der Waals surface area contributed by atoms with Crippen LogP contribution in [0, 0.1) is 5.41 Å². The molecule has 2 aliphatic rings. The highest BCUT2D eigenvalue weighted by Crippen LogP contribution is 2.36. The first-order chi connectivity index (χ1) is 8.58. The van der Waals surface area contributed by atoms with Crippen molar-refractivity contribution in [2.75, 3.05) is 13.6 Å². The van der Waals surface area contributed by atoms with E-state index in [0.717, 1.165) is 43.6 Å². The lowest BCUT2D eigenvalue weighted by Gasteiger charge is -2.28. The lowest BCUT2D eigenvalue weighted by atomic mass is 10.0. The van der Waals surface area contributed by atoms with Gasteiger partial charge in [-0.2, -0.15) is 0 Å². The summed E-state index contributed by atoms with van der Waals surface area (Å²) >= 11 is 0. The third kappa shape index (κ3) is 1.75. The van der Waals surface area contributed by atoms with Gasteiger partial charge in [0.05, 0.1) is 5.56 Å². The molecule has 0 bridgehead atoms. The van der Waals surface area contributed by atoms with E-state index in [-0.39, 0.29) is 11.4 Å². The minimum atomic E-state index is -0.120. The molecule has 0 atom stereocenters. The highest BCUT2D eigenvalue weighted by molar-refractivity contribution is 5.94. The van der Waals surface area contributed by atoms with Gasteiger partial charge < -0.3 is 15.2 Å². The molecular weight excluding hydrogens is 228 g/mol. The van der Waals surface area contributed by atoms with Crippen LogP contribution in [-0.2, 0) is 13.0 Å². The zero-order valence-electron chi connectivity index (χ0n) is 10.6. The minimum absolute atomic E-state index is 0.0756. The predicted molar refractivity (Wildman–Crippen MR) is 70.0 cm³/mol. The average molecular weight is 246 g/mol. The lowest BCUT2D eigenvalue weighted by Crippen LogP contribution is -2.37. The number of nitrogens with two attached hydrogens (primary N) is 1. The van der Waals surface area contributed by atoms with Gasteiger partial charge in [-0.25, -0.2) is 0 Å². The van der Waals surface area contributed by atoms with E-state index in [2.05, 4.69) is 11.9 Å². The third-order valence-corrected chi connectivity index (χ3v) is 3.80. The largest absolute Gasteiger partial charge is 0.384 e. The van der Waals surface area contributed by atoms with E-state index < -0.39 is 0 Å². The van der Waals surface area contributed by atoms with Crippen LogP contribution in [0.4, 0.5) is 0 Å². The second-order valence-electron chi connectivity index (χ2n) is 5.34. The summed E-state index contributed by atoms with van der Waals surface area (Å²) < 4.78 is 1.90. The summed E-state index contributed by atoms with van der Waals surface area (Å²) in [5.41, 5.74) is 8.12. The number of hydrogen-bond acceptors (Lipinski definition) is 3. The number of amidine groups is 1. The van der Waals surface area contributed by atoms with Crippen LogP contribution in [-0.4, -0.2) is 28.9 Å². The molecule has 3 rings (SSSR count). The normalized spacial score (nSPS) is 19.6. The standard InChI is InChI=1S/C13H18N4O/c1-16-5-4-11-8(7-16)6-10(12(14)15)13(18)17(11)9-2-3-9/h6,9H,2-5,7H2,1H3,(H3,14,15). The quantitative estimate of drug-likeness (QED) is 0.588. The molecule has 96 valence electrons. The van der Waals surface area contributed by atoms with Crippen LogP contribution < -0.4 is 11.3 Å². The molecule has 18 heavy (non-hydrogen) atoms. The highest BCUT2D eigenvalue weighted by atomic mass is 16.1. The number of nitrogens with one attached hydrogen (secondary N) is 1. The molecule has 0 saturated heterocycles. The van der Waals surface area contributed by atoms with Crippen molar-refractivity contribution in [2.45, 2.75) is 31.8 Å². The van der Waals surface area contributed by atoms with Crippen LogP contribution >= 0.6 is 0 Å². The fraction of sp³-hybridized carbons (Fsp3) is 0.538. The van der Waals surface area contributed by atoms with Gasteiger partial charge in [0.15, 0.2) is 0 Å². The number of rotatable bonds is 2. The number of likely N-dealkylation sites (N-methyl/N-ethyl adjacent to an activating group) is 1. The summed E-state index contributed by atoms with van der Waals surface area (Å²) in [5, 5.41) is 7.55. The highest BCUT2D eigenvalue weighted by Gasteiger charge is 2.30. The van der Waals surface area contributed by atoms with Gasteiger partial charge in [-0.3, -0.25) is 10.2 Å². The van der Waals surface area contributed by atoms with E-state index in [1.54, 1.807) is 0 Å². The molecular formula is C13H18N4O. The van der Waals surface area contributed by atoms with E-state index in [1.807, 2.05) is 10.6 Å². The maximum atomic E-state index is 12.4. The minimum Gasteiger partial charge on any atom is -0.384 e. The SMILES string of the molecule is CN1CCc2c(cc(C(=N)N)c(=O)n2C2CC2)C1. The molecule has 1 aliphatic heterocycles. The Kier molecular flexibility index (Phi) is 2.52. The van der Waals surface area contributed by atoms with Crippen LogP contribution in [0.5, 0.6) is 0 Å². The molecule has 0 amide bonds. The van der Waals surface area contributed by atoms with E-state index in [9.17, 15) is 4.79 Å². The molecule has 1 saturated carbocycles. The number of pyridine rings is 1. The van der Waals surface area contributed by atoms with Gasteiger partial charge in [0.25, 0.3) is 5.56 Å². The van der Waals surface area contributed by atoms with Crippen LogP contribution in [0.1, 0.15) is 35.7 Å². The van der Waals surface area contributed by atoms with E-state index in [1.165, 1.54) is 0 Å². The Morgan fingerprint density at radius 2 is 2.22 bits per heavy atom. The van der Waals surface area contributed by atoms with Gasteiger partial charge in [-0.1, -0.05) is 0 Å². The van der Waals surface area contributed by atoms with Gasteiger partial charge in [-0.15, -0.1) is 0 Å². The molecule has 0 spiro atoms. The second-order valence-corrected chi connectivity index (χ2v) is 5.34. The lowest BCUT2D eigenvalue weighted by molar-refractivity contribution is 0.304. The Labute approximate surface area is 106 Å². The first kappa shape index (κ1) is 11.5. The summed E-state index contributed by atoms with van der Waals surface area (Å²) in [5.74, 6) is -0.120. The molecule has 0 radical (unpaired) electrons. The summed E-state index contributed by atoms with van der Waals surface area (Å²) in [6.45, 7) is 1.82. The molecule has 3 N–H and O–H groups in total. The number of fused-ring (bicyclic) bond motifs is 1. The Hall–Kier alpha value is -1.62. The molecule has 5 heteroatoms. The molecule has 5 nitrogen and oxygen atoms in total. The molecule has 2 heterocycles. The fourth-order valence-corrected chi connectivity index (χ4v) is 2.72. The number of aromatic nitrogens is 1. The first-order valence-electron chi connectivity index (χ1n) is 6.38. The van der Waals surface area contributed by atoms with Gasteiger partial charge in [0.1, 0.15) is 5.84 Å². The van der Waals surface area contributed by atoms with Crippen LogP contribution in [0.25, 0.3) is 0 Å².